The van der Waals surface area contributed by atoms with Crippen LogP contribution in [0.2, 0.25) is 0 Å². The lowest BCUT2D eigenvalue weighted by Crippen LogP contribution is -2.31. The van der Waals surface area contributed by atoms with Crippen LogP contribution in [-0.2, 0) is 5.41 Å². The van der Waals surface area contributed by atoms with Crippen LogP contribution in [-0.4, -0.2) is 16.2 Å². The summed E-state index contributed by atoms with van der Waals surface area (Å²) in [5.74, 6) is 1.47. The zero-order valence-corrected chi connectivity index (χ0v) is 13.3. The van der Waals surface area contributed by atoms with Crippen molar-refractivity contribution in [2.24, 2.45) is 0 Å². The van der Waals surface area contributed by atoms with Crippen molar-refractivity contribution in [3.8, 4) is 0 Å². The predicted octanol–water partition coefficient (Wildman–Crippen LogP) is 3.99. The van der Waals surface area contributed by atoms with E-state index in [1.54, 1.807) is 0 Å². The Labute approximate surface area is 117 Å². The summed E-state index contributed by atoms with van der Waals surface area (Å²) in [7, 11) is 0. The molecule has 0 bridgehead atoms. The first-order chi connectivity index (χ1) is 8.88. The second-order valence-corrected chi connectivity index (χ2v) is 6.37. The molecule has 1 aromatic rings. The van der Waals surface area contributed by atoms with E-state index in [0.29, 0.717) is 11.9 Å². The SMILES string of the molecule is CCCC(CCC)NC(C)c1nc(C(C)(C)C)no1. The van der Waals surface area contributed by atoms with Crippen LogP contribution in [0.5, 0.6) is 0 Å². The first-order valence-electron chi connectivity index (χ1n) is 7.48. The number of hydrogen-bond donors (Lipinski definition) is 1. The molecule has 1 heterocycles. The molecule has 0 aliphatic rings. The molecule has 0 aliphatic carbocycles. The van der Waals surface area contributed by atoms with Gasteiger partial charge in [0.15, 0.2) is 5.82 Å². The van der Waals surface area contributed by atoms with Gasteiger partial charge < -0.3 is 9.84 Å². The molecule has 0 radical (unpaired) electrons. The standard InChI is InChI=1S/C15H29N3O/c1-7-9-12(10-8-2)16-11(3)13-17-14(18-19-13)15(4,5)6/h11-12,16H,7-10H2,1-6H3. The van der Waals surface area contributed by atoms with E-state index in [0.717, 1.165) is 5.82 Å². The van der Waals surface area contributed by atoms with Crippen molar-refractivity contribution in [3.63, 3.8) is 0 Å². The van der Waals surface area contributed by atoms with E-state index >= 15 is 0 Å². The third-order valence-electron chi connectivity index (χ3n) is 3.24. The van der Waals surface area contributed by atoms with Crippen molar-refractivity contribution in [3.05, 3.63) is 11.7 Å². The lowest BCUT2D eigenvalue weighted by Gasteiger charge is -2.20. The molecule has 1 atom stereocenters. The molecule has 4 heteroatoms. The average molecular weight is 267 g/mol. The molecule has 0 aliphatic heterocycles. The summed E-state index contributed by atoms with van der Waals surface area (Å²) in [5.41, 5.74) is -0.0618. The van der Waals surface area contributed by atoms with Gasteiger partial charge in [0.25, 0.3) is 0 Å². The summed E-state index contributed by atoms with van der Waals surface area (Å²) in [6, 6.07) is 0.654. The van der Waals surface area contributed by atoms with E-state index in [9.17, 15) is 0 Å². The molecule has 1 unspecified atom stereocenters. The van der Waals surface area contributed by atoms with E-state index < -0.39 is 0 Å². The topological polar surface area (TPSA) is 51.0 Å². The summed E-state index contributed by atoms with van der Waals surface area (Å²) < 4.78 is 5.39. The Hall–Kier alpha value is -0.900. The van der Waals surface area contributed by atoms with Gasteiger partial charge in [-0.2, -0.15) is 4.98 Å². The fourth-order valence-corrected chi connectivity index (χ4v) is 2.15. The zero-order chi connectivity index (χ0) is 14.5. The highest BCUT2D eigenvalue weighted by molar-refractivity contribution is 5.01. The van der Waals surface area contributed by atoms with Crippen molar-refractivity contribution in [2.75, 3.05) is 0 Å². The van der Waals surface area contributed by atoms with Gasteiger partial charge in [0.2, 0.25) is 5.89 Å². The largest absolute Gasteiger partial charge is 0.338 e. The van der Waals surface area contributed by atoms with Crippen LogP contribution < -0.4 is 5.32 Å². The van der Waals surface area contributed by atoms with Crippen molar-refractivity contribution < 1.29 is 4.52 Å². The second kappa shape index (κ2) is 7.04. The van der Waals surface area contributed by atoms with Crippen LogP contribution in [0.4, 0.5) is 0 Å². The fourth-order valence-electron chi connectivity index (χ4n) is 2.15. The van der Waals surface area contributed by atoms with Gasteiger partial charge in [-0.1, -0.05) is 52.6 Å². The number of hydrogen-bond acceptors (Lipinski definition) is 4. The van der Waals surface area contributed by atoms with Gasteiger partial charge in [-0.3, -0.25) is 0 Å². The molecular formula is C15H29N3O. The maximum atomic E-state index is 5.39. The molecule has 1 rings (SSSR count). The highest BCUT2D eigenvalue weighted by atomic mass is 16.5. The second-order valence-electron chi connectivity index (χ2n) is 6.37. The van der Waals surface area contributed by atoms with Crippen LogP contribution in [0.1, 0.15) is 85.0 Å². The Kier molecular flexibility index (Phi) is 5.98. The minimum Gasteiger partial charge on any atom is -0.338 e. The molecule has 0 amide bonds. The van der Waals surface area contributed by atoms with Gasteiger partial charge in [-0.05, 0) is 19.8 Å². The Morgan fingerprint density at radius 3 is 2.16 bits per heavy atom. The maximum Gasteiger partial charge on any atom is 0.243 e. The first-order valence-corrected chi connectivity index (χ1v) is 7.48. The van der Waals surface area contributed by atoms with Crippen molar-refractivity contribution in [1.29, 1.82) is 0 Å². The predicted molar refractivity (Wildman–Crippen MR) is 78.2 cm³/mol. The molecule has 0 fully saturated rings. The van der Waals surface area contributed by atoms with Crippen molar-refractivity contribution >= 4 is 0 Å². The normalized spacial score (nSPS) is 14.1. The van der Waals surface area contributed by atoms with Crippen LogP contribution in [0.15, 0.2) is 4.52 Å². The Balaban J connectivity index is 2.66. The van der Waals surface area contributed by atoms with Gasteiger partial charge >= 0.3 is 0 Å². The van der Waals surface area contributed by atoms with E-state index in [1.807, 2.05) is 0 Å². The van der Waals surface area contributed by atoms with Crippen molar-refractivity contribution in [1.82, 2.24) is 15.5 Å². The van der Waals surface area contributed by atoms with Gasteiger partial charge in [0, 0.05) is 11.5 Å². The van der Waals surface area contributed by atoms with E-state index in [1.165, 1.54) is 25.7 Å². The molecule has 0 saturated heterocycles. The molecular weight excluding hydrogens is 238 g/mol. The summed E-state index contributed by atoms with van der Waals surface area (Å²) in [6.45, 7) is 12.8. The summed E-state index contributed by atoms with van der Waals surface area (Å²) in [5, 5.41) is 7.69. The molecule has 1 aromatic heterocycles. The highest BCUT2D eigenvalue weighted by Crippen LogP contribution is 2.21. The summed E-state index contributed by atoms with van der Waals surface area (Å²) in [6.07, 6.45) is 4.78. The van der Waals surface area contributed by atoms with Crippen LogP contribution in [0, 0.1) is 0 Å². The van der Waals surface area contributed by atoms with E-state index in [4.69, 9.17) is 4.52 Å². The smallest absolute Gasteiger partial charge is 0.243 e. The number of nitrogens with zero attached hydrogens (tertiary/aromatic N) is 2. The maximum absolute atomic E-state index is 5.39. The van der Waals surface area contributed by atoms with Gasteiger partial charge in [0.1, 0.15) is 0 Å². The zero-order valence-electron chi connectivity index (χ0n) is 13.3. The number of nitrogens with one attached hydrogen (secondary N) is 1. The van der Waals surface area contributed by atoms with Crippen LogP contribution >= 0.6 is 0 Å². The number of rotatable bonds is 7. The Morgan fingerprint density at radius 2 is 1.74 bits per heavy atom. The molecule has 0 aromatic carbocycles. The molecule has 0 spiro atoms. The monoisotopic (exact) mass is 267 g/mol. The van der Waals surface area contributed by atoms with E-state index in [2.05, 4.69) is 57.0 Å². The lowest BCUT2D eigenvalue weighted by molar-refractivity contribution is 0.307. The Morgan fingerprint density at radius 1 is 1.16 bits per heavy atom. The first kappa shape index (κ1) is 16.2. The molecule has 19 heavy (non-hydrogen) atoms. The molecule has 110 valence electrons. The number of aromatic nitrogens is 2. The minimum atomic E-state index is -0.0618. The van der Waals surface area contributed by atoms with Crippen molar-refractivity contribution in [2.45, 2.75) is 84.7 Å². The molecule has 1 N–H and O–H groups in total. The lowest BCUT2D eigenvalue weighted by atomic mass is 9.96. The third-order valence-corrected chi connectivity index (χ3v) is 3.24. The summed E-state index contributed by atoms with van der Waals surface area (Å²) >= 11 is 0. The molecule has 0 saturated carbocycles. The third kappa shape index (κ3) is 4.94. The fraction of sp³-hybridized carbons (Fsp3) is 0.867. The Bertz CT molecular complexity index is 362. The van der Waals surface area contributed by atoms with Gasteiger partial charge in [-0.25, -0.2) is 0 Å². The van der Waals surface area contributed by atoms with Crippen LogP contribution in [0.3, 0.4) is 0 Å². The van der Waals surface area contributed by atoms with Crippen LogP contribution in [0.25, 0.3) is 0 Å². The summed E-state index contributed by atoms with van der Waals surface area (Å²) in [4.78, 5) is 4.51. The highest BCUT2D eigenvalue weighted by Gasteiger charge is 2.23. The van der Waals surface area contributed by atoms with E-state index in [-0.39, 0.29) is 11.5 Å². The minimum absolute atomic E-state index is 0.0618. The quantitative estimate of drug-likeness (QED) is 0.811. The molecule has 4 nitrogen and oxygen atoms in total. The average Bonchev–Trinajstić information content (AvgIpc) is 2.78. The van der Waals surface area contributed by atoms with Gasteiger partial charge in [0.05, 0.1) is 6.04 Å². The van der Waals surface area contributed by atoms with Gasteiger partial charge in [-0.15, -0.1) is 0 Å².